The fourth-order valence-corrected chi connectivity index (χ4v) is 3.81. The molecule has 9 heteroatoms. The lowest BCUT2D eigenvalue weighted by Crippen LogP contribution is -2.48. The summed E-state index contributed by atoms with van der Waals surface area (Å²) in [6.45, 7) is 3.63. The predicted octanol–water partition coefficient (Wildman–Crippen LogP) is 4.47. The maximum Gasteiger partial charge on any atom is 0.338 e. The largest absolute Gasteiger partial charge is 0.504 e. The van der Waals surface area contributed by atoms with Gasteiger partial charge in [-0.05, 0) is 62.0 Å². The molecule has 158 valence electrons. The van der Waals surface area contributed by atoms with E-state index < -0.39 is 17.8 Å². The molecule has 1 aliphatic heterocycles. The molecule has 1 unspecified atom stereocenters. The van der Waals surface area contributed by atoms with Gasteiger partial charge in [0.05, 0.1) is 30.4 Å². The molecule has 6 nitrogen and oxygen atoms in total. The van der Waals surface area contributed by atoms with Crippen LogP contribution in [0.3, 0.4) is 0 Å². The van der Waals surface area contributed by atoms with Crippen LogP contribution in [0.15, 0.2) is 47.7 Å². The molecule has 1 heterocycles. The summed E-state index contributed by atoms with van der Waals surface area (Å²) in [5.74, 6) is -0.854. The van der Waals surface area contributed by atoms with E-state index in [-0.39, 0.29) is 23.1 Å². The fourth-order valence-electron chi connectivity index (χ4n) is 3.28. The van der Waals surface area contributed by atoms with Gasteiger partial charge in [0.15, 0.2) is 16.6 Å². The zero-order valence-electron chi connectivity index (χ0n) is 16.5. The molecule has 1 atom stereocenters. The molecule has 0 bridgehead atoms. The number of aromatic hydroxyl groups is 1. The van der Waals surface area contributed by atoms with Crippen molar-refractivity contribution in [2.24, 2.45) is 0 Å². The number of rotatable bonds is 5. The summed E-state index contributed by atoms with van der Waals surface area (Å²) in [4.78, 5) is 14.5. The highest BCUT2D eigenvalue weighted by Crippen LogP contribution is 2.37. The molecule has 2 N–H and O–H groups in total. The summed E-state index contributed by atoms with van der Waals surface area (Å²) < 4.78 is 24.1. The number of carbonyl (C=O) groups is 1. The number of hydrogen-bond donors (Lipinski definition) is 2. The monoisotopic (exact) mass is 450 g/mol. The van der Waals surface area contributed by atoms with Crippen molar-refractivity contribution in [2.75, 3.05) is 18.6 Å². The fraction of sp³-hybridized carbons (Fsp3) is 0.238. The molecule has 0 fully saturated rings. The highest BCUT2D eigenvalue weighted by atomic mass is 35.5. The van der Waals surface area contributed by atoms with Gasteiger partial charge in [0.2, 0.25) is 0 Å². The second kappa shape index (κ2) is 8.89. The van der Waals surface area contributed by atoms with Crippen molar-refractivity contribution in [2.45, 2.75) is 19.9 Å². The first kappa shape index (κ1) is 21.9. The SMILES string of the molecule is CCOC(=O)C1=C(C)N(c2ccc(F)c(Cl)c2)C(=S)NC1c1ccc(O)c(OC)c1. The van der Waals surface area contributed by atoms with Gasteiger partial charge in [0, 0.05) is 11.4 Å². The Hall–Kier alpha value is -2.84. The van der Waals surface area contributed by atoms with E-state index >= 15 is 0 Å². The molecule has 30 heavy (non-hydrogen) atoms. The molecule has 0 radical (unpaired) electrons. The lowest BCUT2D eigenvalue weighted by Gasteiger charge is -2.37. The summed E-state index contributed by atoms with van der Waals surface area (Å²) in [7, 11) is 1.44. The highest BCUT2D eigenvalue weighted by Gasteiger charge is 2.36. The van der Waals surface area contributed by atoms with Crippen molar-refractivity contribution in [3.63, 3.8) is 0 Å². The number of allylic oxidation sites excluding steroid dienone is 1. The molecular weight excluding hydrogens is 431 g/mol. The van der Waals surface area contributed by atoms with Crippen LogP contribution < -0.4 is 15.0 Å². The number of phenols is 1. The topological polar surface area (TPSA) is 71.0 Å². The number of carbonyl (C=O) groups excluding carboxylic acids is 1. The van der Waals surface area contributed by atoms with Gasteiger partial charge in [0.25, 0.3) is 0 Å². The Kier molecular flexibility index (Phi) is 6.48. The number of anilines is 1. The zero-order chi connectivity index (χ0) is 22.0. The van der Waals surface area contributed by atoms with E-state index in [2.05, 4.69) is 5.32 Å². The van der Waals surface area contributed by atoms with E-state index in [0.29, 0.717) is 27.6 Å². The molecule has 3 rings (SSSR count). The highest BCUT2D eigenvalue weighted by molar-refractivity contribution is 7.80. The number of esters is 1. The molecule has 1 aliphatic rings. The molecule has 0 saturated heterocycles. The van der Waals surface area contributed by atoms with Gasteiger partial charge >= 0.3 is 5.97 Å². The molecule has 0 amide bonds. The summed E-state index contributed by atoms with van der Waals surface area (Å²) in [5, 5.41) is 13.3. The number of hydrogen-bond acceptors (Lipinski definition) is 5. The zero-order valence-corrected chi connectivity index (χ0v) is 18.1. The second-order valence-corrected chi connectivity index (χ2v) is 7.26. The first-order chi connectivity index (χ1) is 14.3. The third-order valence-electron chi connectivity index (χ3n) is 4.68. The number of methoxy groups -OCH3 is 1. The van der Waals surface area contributed by atoms with Crippen LogP contribution >= 0.6 is 23.8 Å². The van der Waals surface area contributed by atoms with Crippen molar-refractivity contribution < 1.29 is 23.8 Å². The summed E-state index contributed by atoms with van der Waals surface area (Å²) in [6, 6.07) is 8.30. The number of phenolic OH excluding ortho intramolecular Hbond substituents is 1. The Labute approximate surface area is 183 Å². The van der Waals surface area contributed by atoms with Crippen molar-refractivity contribution in [3.05, 3.63) is 64.1 Å². The normalized spacial score (nSPS) is 16.4. The van der Waals surface area contributed by atoms with Crippen LogP contribution in [0.4, 0.5) is 10.1 Å². The smallest absolute Gasteiger partial charge is 0.338 e. The van der Waals surface area contributed by atoms with E-state index in [4.69, 9.17) is 33.3 Å². The van der Waals surface area contributed by atoms with Crippen LogP contribution in [-0.4, -0.2) is 29.9 Å². The molecule has 0 aliphatic carbocycles. The molecule has 0 saturated carbocycles. The lowest BCUT2D eigenvalue weighted by molar-refractivity contribution is -0.139. The van der Waals surface area contributed by atoms with Crippen LogP contribution in [0, 0.1) is 5.82 Å². The predicted molar refractivity (Wildman–Crippen MR) is 116 cm³/mol. The van der Waals surface area contributed by atoms with Crippen molar-refractivity contribution in [1.29, 1.82) is 0 Å². The van der Waals surface area contributed by atoms with E-state index in [1.807, 2.05) is 0 Å². The number of ether oxygens (including phenoxy) is 2. The lowest BCUT2D eigenvalue weighted by atomic mass is 9.94. The average molecular weight is 451 g/mol. The number of halogens is 2. The molecule has 0 spiro atoms. The summed E-state index contributed by atoms with van der Waals surface area (Å²) in [6.07, 6.45) is 0. The van der Waals surface area contributed by atoms with Gasteiger partial charge in [-0.1, -0.05) is 17.7 Å². The summed E-state index contributed by atoms with van der Waals surface area (Å²) >= 11 is 11.5. The standard InChI is InChI=1S/C21H20ClFN2O4S/c1-4-29-20(27)18-11(2)25(13-6-7-15(23)14(22)10-13)21(30)24-19(18)12-5-8-16(26)17(9-12)28-3/h5-10,19,26H,4H2,1-3H3,(H,24,30). The Bertz CT molecular complexity index is 1040. The van der Waals surface area contributed by atoms with Crippen LogP contribution in [-0.2, 0) is 9.53 Å². The summed E-state index contributed by atoms with van der Waals surface area (Å²) in [5.41, 5.74) is 1.97. The molecule has 2 aromatic rings. The Morgan fingerprint density at radius 3 is 2.70 bits per heavy atom. The van der Waals surface area contributed by atoms with Crippen molar-refractivity contribution in [1.82, 2.24) is 5.32 Å². The van der Waals surface area contributed by atoms with E-state index in [9.17, 15) is 14.3 Å². The number of nitrogens with zero attached hydrogens (tertiary/aromatic N) is 1. The van der Waals surface area contributed by atoms with Gasteiger partial charge < -0.3 is 19.9 Å². The first-order valence-electron chi connectivity index (χ1n) is 9.09. The van der Waals surface area contributed by atoms with Crippen LogP contribution in [0.25, 0.3) is 0 Å². The van der Waals surface area contributed by atoms with Gasteiger partial charge in [-0.25, -0.2) is 9.18 Å². The van der Waals surface area contributed by atoms with Gasteiger partial charge in [-0.2, -0.15) is 0 Å². The number of nitrogens with one attached hydrogen (secondary N) is 1. The van der Waals surface area contributed by atoms with Crippen molar-refractivity contribution >= 4 is 40.6 Å². The third kappa shape index (κ3) is 4.06. The Morgan fingerprint density at radius 2 is 2.07 bits per heavy atom. The molecular formula is C21H20ClFN2O4S. The minimum Gasteiger partial charge on any atom is -0.504 e. The van der Waals surface area contributed by atoms with Gasteiger partial charge in [0.1, 0.15) is 5.82 Å². The first-order valence-corrected chi connectivity index (χ1v) is 9.87. The molecule has 2 aromatic carbocycles. The maximum atomic E-state index is 13.6. The number of benzene rings is 2. The van der Waals surface area contributed by atoms with Gasteiger partial charge in [-0.3, -0.25) is 4.90 Å². The minimum atomic E-state index is -0.641. The van der Waals surface area contributed by atoms with Crippen LogP contribution in [0.1, 0.15) is 25.5 Å². The average Bonchev–Trinajstić information content (AvgIpc) is 2.70. The maximum absolute atomic E-state index is 13.6. The second-order valence-electron chi connectivity index (χ2n) is 6.47. The van der Waals surface area contributed by atoms with Crippen molar-refractivity contribution in [3.8, 4) is 11.5 Å². The third-order valence-corrected chi connectivity index (χ3v) is 5.27. The van der Waals surface area contributed by atoms with E-state index in [0.717, 1.165) is 0 Å². The van der Waals surface area contributed by atoms with Crippen LogP contribution in [0.5, 0.6) is 11.5 Å². The van der Waals surface area contributed by atoms with Crippen LogP contribution in [0.2, 0.25) is 5.02 Å². The Balaban J connectivity index is 2.15. The van der Waals surface area contributed by atoms with E-state index in [1.165, 1.54) is 31.4 Å². The molecule has 0 aromatic heterocycles. The van der Waals surface area contributed by atoms with Gasteiger partial charge in [-0.15, -0.1) is 0 Å². The minimum absolute atomic E-state index is 0.0272. The quantitative estimate of drug-likeness (QED) is 0.514. The van der Waals surface area contributed by atoms with E-state index in [1.54, 1.807) is 30.9 Å². The number of thiocarbonyl (C=S) groups is 1. The Morgan fingerprint density at radius 1 is 1.33 bits per heavy atom.